The second-order valence-corrected chi connectivity index (χ2v) is 6.81. The number of hydrogen-bond donors (Lipinski definition) is 1. The van der Waals surface area contributed by atoms with Gasteiger partial charge in [0.1, 0.15) is 12.4 Å². The molecular weight excluding hydrogens is 370 g/mol. The summed E-state index contributed by atoms with van der Waals surface area (Å²) in [6.45, 7) is 9.28. The molecular formula is C23H31NO5. The Labute approximate surface area is 173 Å². The van der Waals surface area contributed by atoms with Gasteiger partial charge in [0, 0.05) is 6.61 Å². The highest BCUT2D eigenvalue weighted by molar-refractivity contribution is 5.97. The third kappa shape index (κ3) is 6.68. The highest BCUT2D eigenvalue weighted by Gasteiger charge is 2.17. The average Bonchev–Trinajstić information content (AvgIpc) is 2.71. The smallest absolute Gasteiger partial charge is 0.255 e. The van der Waals surface area contributed by atoms with Gasteiger partial charge in [-0.05, 0) is 57.5 Å². The van der Waals surface area contributed by atoms with E-state index in [-0.39, 0.29) is 18.1 Å². The molecule has 0 aliphatic rings. The summed E-state index contributed by atoms with van der Waals surface area (Å²) in [4.78, 5) is 12.8. The van der Waals surface area contributed by atoms with Crippen LogP contribution in [0.25, 0.3) is 0 Å². The number of amides is 1. The van der Waals surface area contributed by atoms with Crippen LogP contribution in [-0.4, -0.2) is 38.9 Å². The Morgan fingerprint density at radius 3 is 2.45 bits per heavy atom. The maximum atomic E-state index is 12.8. The number of carbonyl (C=O) groups is 1. The number of hydrogen-bond acceptors (Lipinski definition) is 5. The van der Waals surface area contributed by atoms with Gasteiger partial charge in [-0.1, -0.05) is 18.2 Å². The second kappa shape index (κ2) is 11.3. The molecule has 1 atom stereocenters. The molecule has 6 nitrogen and oxygen atoms in total. The molecule has 0 saturated heterocycles. The summed E-state index contributed by atoms with van der Waals surface area (Å²) < 4.78 is 22.2. The normalized spacial score (nSPS) is 11.8. The van der Waals surface area contributed by atoms with Crippen LogP contribution in [0.2, 0.25) is 0 Å². The van der Waals surface area contributed by atoms with Gasteiger partial charge in [-0.15, -0.1) is 0 Å². The van der Waals surface area contributed by atoms with Crippen LogP contribution in [0.3, 0.4) is 0 Å². The lowest BCUT2D eigenvalue weighted by Gasteiger charge is -2.19. The minimum atomic E-state index is -0.221. The Morgan fingerprint density at radius 2 is 1.76 bits per heavy atom. The Morgan fingerprint density at radius 1 is 1.00 bits per heavy atom. The van der Waals surface area contributed by atoms with Crippen LogP contribution in [0.1, 0.15) is 49.7 Å². The monoisotopic (exact) mass is 401 g/mol. The molecule has 0 spiro atoms. The van der Waals surface area contributed by atoms with Gasteiger partial charge in [-0.25, -0.2) is 0 Å². The van der Waals surface area contributed by atoms with Gasteiger partial charge >= 0.3 is 0 Å². The first-order valence-corrected chi connectivity index (χ1v) is 9.91. The van der Waals surface area contributed by atoms with Gasteiger partial charge in [0.2, 0.25) is 0 Å². The molecule has 0 aromatic heterocycles. The van der Waals surface area contributed by atoms with Crippen LogP contribution >= 0.6 is 0 Å². The molecule has 0 aliphatic carbocycles. The molecule has 2 rings (SSSR count). The zero-order valence-corrected chi connectivity index (χ0v) is 17.9. The molecule has 0 heterocycles. The number of nitrogens with one attached hydrogen (secondary N) is 1. The van der Waals surface area contributed by atoms with Gasteiger partial charge in [0.15, 0.2) is 11.5 Å². The summed E-state index contributed by atoms with van der Waals surface area (Å²) in [6, 6.07) is 12.6. The van der Waals surface area contributed by atoms with E-state index in [1.807, 2.05) is 58.0 Å². The highest BCUT2D eigenvalue weighted by Crippen LogP contribution is 2.31. The van der Waals surface area contributed by atoms with E-state index in [2.05, 4.69) is 5.32 Å². The first-order chi connectivity index (χ1) is 14.0. The van der Waals surface area contributed by atoms with Crippen molar-refractivity contribution in [1.29, 1.82) is 0 Å². The minimum absolute atomic E-state index is 0.0473. The average molecular weight is 402 g/mol. The molecule has 1 amide bonds. The van der Waals surface area contributed by atoms with E-state index >= 15 is 0 Å². The number of methoxy groups -OCH3 is 1. The van der Waals surface area contributed by atoms with E-state index in [0.29, 0.717) is 42.6 Å². The van der Waals surface area contributed by atoms with E-state index in [9.17, 15) is 4.79 Å². The molecule has 2 aromatic carbocycles. The summed E-state index contributed by atoms with van der Waals surface area (Å²) in [7, 11) is 1.60. The van der Waals surface area contributed by atoms with Crippen LogP contribution < -0.4 is 19.5 Å². The maximum absolute atomic E-state index is 12.8. The fourth-order valence-corrected chi connectivity index (χ4v) is 2.80. The second-order valence-electron chi connectivity index (χ2n) is 6.81. The third-order valence-corrected chi connectivity index (χ3v) is 4.22. The lowest BCUT2D eigenvalue weighted by atomic mass is 10.1. The van der Waals surface area contributed by atoms with Gasteiger partial charge in [-0.3, -0.25) is 4.79 Å². The zero-order valence-electron chi connectivity index (χ0n) is 17.9. The number of ether oxygens (including phenoxy) is 4. The molecule has 2 aromatic rings. The molecule has 0 bridgehead atoms. The van der Waals surface area contributed by atoms with Crippen molar-refractivity contribution in [3.8, 4) is 17.2 Å². The lowest BCUT2D eigenvalue weighted by molar-refractivity contribution is 0.0923. The number of benzene rings is 2. The van der Waals surface area contributed by atoms with Crippen LogP contribution in [0.4, 0.5) is 0 Å². The van der Waals surface area contributed by atoms with E-state index in [1.54, 1.807) is 19.2 Å². The highest BCUT2D eigenvalue weighted by atomic mass is 16.5. The lowest BCUT2D eigenvalue weighted by Crippen LogP contribution is -2.27. The van der Waals surface area contributed by atoms with Crippen molar-refractivity contribution in [3.63, 3.8) is 0 Å². The van der Waals surface area contributed by atoms with Crippen molar-refractivity contribution >= 4 is 5.91 Å². The van der Waals surface area contributed by atoms with Crippen molar-refractivity contribution in [2.24, 2.45) is 0 Å². The van der Waals surface area contributed by atoms with E-state index < -0.39 is 0 Å². The fraction of sp³-hybridized carbons (Fsp3) is 0.435. The summed E-state index contributed by atoms with van der Waals surface area (Å²) in [5, 5.41) is 3.02. The SMILES string of the molecule is CCOCCOc1ccccc1C(=O)NC(C)c1ccc(OC(C)C)c(OC)c1. The Hall–Kier alpha value is -2.73. The molecule has 158 valence electrons. The molecule has 6 heteroatoms. The standard InChI is InChI=1S/C23H31NO5/c1-6-27-13-14-28-20-10-8-7-9-19(20)23(25)24-17(4)18-11-12-21(29-16(2)3)22(15-18)26-5/h7-12,15-17H,6,13-14H2,1-5H3,(H,24,25). The number of rotatable bonds is 11. The van der Waals surface area contributed by atoms with Crippen molar-refractivity contribution in [2.75, 3.05) is 26.9 Å². The first-order valence-electron chi connectivity index (χ1n) is 9.91. The van der Waals surface area contributed by atoms with E-state index in [0.717, 1.165) is 5.56 Å². The van der Waals surface area contributed by atoms with E-state index in [1.165, 1.54) is 0 Å². The van der Waals surface area contributed by atoms with Crippen molar-refractivity contribution in [1.82, 2.24) is 5.32 Å². The molecule has 1 unspecified atom stereocenters. The third-order valence-electron chi connectivity index (χ3n) is 4.22. The number of carbonyl (C=O) groups excluding carboxylic acids is 1. The summed E-state index contributed by atoms with van der Waals surface area (Å²) >= 11 is 0. The molecule has 1 N–H and O–H groups in total. The molecule has 0 fully saturated rings. The summed E-state index contributed by atoms with van der Waals surface area (Å²) in [5.41, 5.74) is 1.41. The van der Waals surface area contributed by atoms with Gasteiger partial charge in [0.25, 0.3) is 5.91 Å². The topological polar surface area (TPSA) is 66.0 Å². The molecule has 0 saturated carbocycles. The van der Waals surface area contributed by atoms with E-state index in [4.69, 9.17) is 18.9 Å². The largest absolute Gasteiger partial charge is 0.493 e. The summed E-state index contributed by atoms with van der Waals surface area (Å²) in [5.74, 6) is 1.65. The number of para-hydroxylation sites is 1. The van der Waals surface area contributed by atoms with Gasteiger partial charge in [0.05, 0.1) is 31.4 Å². The predicted octanol–water partition coefficient (Wildman–Crippen LogP) is 4.39. The van der Waals surface area contributed by atoms with Crippen molar-refractivity contribution < 1.29 is 23.7 Å². The van der Waals surface area contributed by atoms with Gasteiger partial charge in [-0.2, -0.15) is 0 Å². The Balaban J connectivity index is 2.09. The van der Waals surface area contributed by atoms with Crippen molar-refractivity contribution in [2.45, 2.75) is 39.8 Å². The fourth-order valence-electron chi connectivity index (χ4n) is 2.80. The zero-order chi connectivity index (χ0) is 21.2. The van der Waals surface area contributed by atoms with Crippen molar-refractivity contribution in [3.05, 3.63) is 53.6 Å². The Kier molecular flexibility index (Phi) is 8.80. The molecule has 0 radical (unpaired) electrons. The van der Waals surface area contributed by atoms with Crippen LogP contribution in [0, 0.1) is 0 Å². The van der Waals surface area contributed by atoms with Crippen LogP contribution in [-0.2, 0) is 4.74 Å². The Bertz CT molecular complexity index is 791. The van der Waals surface area contributed by atoms with Crippen LogP contribution in [0.5, 0.6) is 17.2 Å². The predicted molar refractivity (Wildman–Crippen MR) is 113 cm³/mol. The first kappa shape index (κ1) is 22.6. The molecule has 29 heavy (non-hydrogen) atoms. The quantitative estimate of drug-likeness (QED) is 0.566. The minimum Gasteiger partial charge on any atom is -0.493 e. The maximum Gasteiger partial charge on any atom is 0.255 e. The van der Waals surface area contributed by atoms with Crippen LogP contribution in [0.15, 0.2) is 42.5 Å². The molecule has 0 aliphatic heterocycles. The summed E-state index contributed by atoms with van der Waals surface area (Å²) in [6.07, 6.45) is 0.0473. The van der Waals surface area contributed by atoms with Gasteiger partial charge < -0.3 is 24.3 Å².